The van der Waals surface area contributed by atoms with Crippen LogP contribution in [0.25, 0.3) is 0 Å². The van der Waals surface area contributed by atoms with Crippen molar-refractivity contribution in [3.05, 3.63) is 33.8 Å². The van der Waals surface area contributed by atoms with Crippen LogP contribution in [0.1, 0.15) is 75.7 Å². The van der Waals surface area contributed by atoms with E-state index in [4.69, 9.17) is 14.4 Å². The molecule has 0 aliphatic heterocycles. The SMILES string of the molecule is C[C@@H](CC1CCC(O[Si](C)(C)C)(C(=O)c2ccc(C#N)cc2Br)CC1)OC(=O)NC(C)(C)C. The highest BCUT2D eigenvalue weighted by molar-refractivity contribution is 9.10. The normalized spacial score (nSPS) is 22.2. The summed E-state index contributed by atoms with van der Waals surface area (Å²) in [7, 11) is -2.01. The maximum absolute atomic E-state index is 13.7. The molecule has 6 nitrogen and oxygen atoms in total. The second kappa shape index (κ2) is 10.7. The zero-order valence-corrected chi connectivity index (χ0v) is 23.5. The second-order valence-electron chi connectivity index (χ2n) is 11.1. The Kier molecular flexibility index (Phi) is 8.94. The number of ether oxygens (including phenoxy) is 1. The molecule has 33 heavy (non-hydrogen) atoms. The molecular formula is C25H37BrN2O4Si. The first-order chi connectivity index (χ1) is 15.1. The van der Waals surface area contributed by atoms with E-state index in [1.165, 1.54) is 0 Å². The second-order valence-corrected chi connectivity index (χ2v) is 16.4. The molecule has 2 rings (SSSR count). The molecule has 1 N–H and O–H groups in total. The van der Waals surface area contributed by atoms with Crippen molar-refractivity contribution in [3.63, 3.8) is 0 Å². The van der Waals surface area contributed by atoms with Gasteiger partial charge in [0.15, 0.2) is 14.1 Å². The lowest BCUT2D eigenvalue weighted by atomic mass is 9.73. The van der Waals surface area contributed by atoms with Crippen LogP contribution in [-0.4, -0.2) is 37.4 Å². The van der Waals surface area contributed by atoms with Gasteiger partial charge in [0, 0.05) is 15.6 Å². The number of amides is 1. The number of Topliss-reactive ketones (excluding diaryl/α,β-unsaturated/α-hetero) is 1. The van der Waals surface area contributed by atoms with Crippen molar-refractivity contribution in [2.75, 3.05) is 0 Å². The highest BCUT2D eigenvalue weighted by Crippen LogP contribution is 2.42. The number of nitrogens with one attached hydrogen (secondary N) is 1. The number of alkyl carbamates (subject to hydrolysis) is 1. The van der Waals surface area contributed by atoms with E-state index in [1.54, 1.807) is 18.2 Å². The Balaban J connectivity index is 2.11. The summed E-state index contributed by atoms with van der Waals surface area (Å²) in [6.07, 6.45) is 3.09. The largest absolute Gasteiger partial charge is 0.447 e. The molecule has 1 aromatic carbocycles. The van der Waals surface area contributed by atoms with E-state index >= 15 is 0 Å². The lowest BCUT2D eigenvalue weighted by Gasteiger charge is -2.43. The summed E-state index contributed by atoms with van der Waals surface area (Å²) in [6.45, 7) is 14.0. The fourth-order valence-corrected chi connectivity index (χ4v) is 6.42. The smallest absolute Gasteiger partial charge is 0.407 e. The van der Waals surface area contributed by atoms with Crippen molar-refractivity contribution >= 4 is 36.1 Å². The van der Waals surface area contributed by atoms with Gasteiger partial charge < -0.3 is 14.5 Å². The van der Waals surface area contributed by atoms with Crippen LogP contribution in [0, 0.1) is 17.2 Å². The van der Waals surface area contributed by atoms with Gasteiger partial charge in [-0.1, -0.05) is 0 Å². The first-order valence-electron chi connectivity index (χ1n) is 11.6. The van der Waals surface area contributed by atoms with Gasteiger partial charge in [-0.05, 0) is 119 Å². The molecule has 1 aliphatic rings. The van der Waals surface area contributed by atoms with Crippen LogP contribution in [0.4, 0.5) is 4.79 Å². The van der Waals surface area contributed by atoms with Crippen molar-refractivity contribution in [2.45, 2.75) is 96.7 Å². The number of hydrogen-bond donors (Lipinski definition) is 1. The molecule has 0 heterocycles. The van der Waals surface area contributed by atoms with Gasteiger partial charge in [0.25, 0.3) is 0 Å². The van der Waals surface area contributed by atoms with Crippen molar-refractivity contribution in [1.29, 1.82) is 5.26 Å². The number of hydrogen-bond acceptors (Lipinski definition) is 5. The molecule has 1 atom stereocenters. The first-order valence-corrected chi connectivity index (χ1v) is 15.8. The Hall–Kier alpha value is -1.69. The number of nitriles is 1. The van der Waals surface area contributed by atoms with Gasteiger partial charge in [0.1, 0.15) is 11.7 Å². The predicted octanol–water partition coefficient (Wildman–Crippen LogP) is 6.59. The first kappa shape index (κ1) is 27.6. The standard InChI is InChI=1S/C25H37BrN2O4Si/c1-17(31-23(30)28-24(2,3)4)14-18-10-12-25(13-11-18,32-33(5,6)7)22(29)20-9-8-19(16-27)15-21(20)26/h8-9,15,17-18H,10-14H2,1-7H3,(H,28,30)/t17-,18?,25?/m0/s1. The predicted molar refractivity (Wildman–Crippen MR) is 136 cm³/mol. The summed E-state index contributed by atoms with van der Waals surface area (Å²) >= 11 is 3.48. The number of nitrogens with zero attached hydrogens (tertiary/aromatic N) is 1. The molecule has 0 aromatic heterocycles. The summed E-state index contributed by atoms with van der Waals surface area (Å²) in [6, 6.07) is 7.18. The van der Waals surface area contributed by atoms with Crippen LogP contribution in [0.2, 0.25) is 19.6 Å². The van der Waals surface area contributed by atoms with E-state index < -0.39 is 20.0 Å². The van der Waals surface area contributed by atoms with Gasteiger partial charge in [-0.3, -0.25) is 4.79 Å². The Bertz CT molecular complexity index is 906. The van der Waals surface area contributed by atoms with E-state index in [-0.39, 0.29) is 17.4 Å². The van der Waals surface area contributed by atoms with Crippen LogP contribution in [0.5, 0.6) is 0 Å². The molecule has 1 amide bonds. The van der Waals surface area contributed by atoms with Gasteiger partial charge in [-0.2, -0.15) is 5.26 Å². The monoisotopic (exact) mass is 536 g/mol. The zero-order chi connectivity index (χ0) is 25.0. The van der Waals surface area contributed by atoms with Crippen LogP contribution in [0.15, 0.2) is 22.7 Å². The highest BCUT2D eigenvalue weighted by Gasteiger charge is 2.46. The van der Waals surface area contributed by atoms with Gasteiger partial charge in [0.2, 0.25) is 0 Å². The molecule has 0 bridgehead atoms. The number of halogens is 1. The van der Waals surface area contributed by atoms with E-state index in [9.17, 15) is 9.59 Å². The molecule has 0 radical (unpaired) electrons. The average Bonchev–Trinajstić information content (AvgIpc) is 2.66. The molecule has 182 valence electrons. The molecule has 1 aromatic rings. The van der Waals surface area contributed by atoms with Crippen LogP contribution in [0.3, 0.4) is 0 Å². The maximum Gasteiger partial charge on any atom is 0.407 e. The summed E-state index contributed by atoms with van der Waals surface area (Å²) in [5, 5.41) is 12.0. The number of rotatable bonds is 7. The zero-order valence-electron chi connectivity index (χ0n) is 20.9. The lowest BCUT2D eigenvalue weighted by molar-refractivity contribution is 0.00757. The lowest BCUT2D eigenvalue weighted by Crippen LogP contribution is -2.51. The minimum absolute atomic E-state index is 0.0198. The van der Waals surface area contributed by atoms with Gasteiger partial charge in [-0.15, -0.1) is 0 Å². The summed E-state index contributed by atoms with van der Waals surface area (Å²) in [5.74, 6) is 0.339. The third kappa shape index (κ3) is 8.23. The van der Waals surface area contributed by atoms with Crippen LogP contribution in [-0.2, 0) is 9.16 Å². The Labute approximate surface area is 207 Å². The third-order valence-corrected chi connectivity index (χ3v) is 7.28. The topological polar surface area (TPSA) is 88.4 Å². The number of benzene rings is 1. The number of carbonyl (C=O) groups is 2. The molecular weight excluding hydrogens is 500 g/mol. The Morgan fingerprint density at radius 1 is 1.27 bits per heavy atom. The molecule has 1 aliphatic carbocycles. The van der Waals surface area contributed by atoms with E-state index in [0.717, 1.165) is 19.3 Å². The van der Waals surface area contributed by atoms with Crippen LogP contribution >= 0.6 is 15.9 Å². The van der Waals surface area contributed by atoms with Crippen molar-refractivity contribution in [3.8, 4) is 6.07 Å². The Morgan fingerprint density at radius 2 is 1.88 bits per heavy atom. The molecule has 0 spiro atoms. The summed E-state index contributed by atoms with van der Waals surface area (Å²) in [4.78, 5) is 25.8. The summed E-state index contributed by atoms with van der Waals surface area (Å²) in [5.41, 5.74) is -0.131. The molecule has 0 saturated heterocycles. The maximum atomic E-state index is 13.7. The van der Waals surface area contributed by atoms with Gasteiger partial charge >= 0.3 is 6.09 Å². The third-order valence-electron chi connectivity index (χ3n) is 5.62. The quantitative estimate of drug-likeness (QED) is 0.313. The number of carbonyl (C=O) groups excluding carboxylic acids is 2. The minimum atomic E-state index is -2.01. The number of ketones is 1. The molecule has 1 saturated carbocycles. The Morgan fingerprint density at radius 3 is 2.36 bits per heavy atom. The highest BCUT2D eigenvalue weighted by atomic mass is 79.9. The van der Waals surface area contributed by atoms with Gasteiger partial charge in [-0.25, -0.2) is 4.79 Å². The fourth-order valence-electron chi connectivity index (χ4n) is 4.39. The average molecular weight is 538 g/mol. The van der Waals surface area contributed by atoms with E-state index in [1.807, 2.05) is 27.7 Å². The fraction of sp³-hybridized carbons (Fsp3) is 0.640. The van der Waals surface area contributed by atoms with E-state index in [0.29, 0.717) is 34.4 Å². The van der Waals surface area contributed by atoms with Gasteiger partial charge in [0.05, 0.1) is 11.6 Å². The molecule has 0 unspecified atom stereocenters. The summed E-state index contributed by atoms with van der Waals surface area (Å²) < 4.78 is 12.7. The molecule has 1 fully saturated rings. The van der Waals surface area contributed by atoms with Crippen LogP contribution < -0.4 is 5.32 Å². The van der Waals surface area contributed by atoms with Crippen molar-refractivity contribution in [1.82, 2.24) is 5.32 Å². The molecule has 8 heteroatoms. The minimum Gasteiger partial charge on any atom is -0.447 e. The van der Waals surface area contributed by atoms with E-state index in [2.05, 4.69) is 47.0 Å². The van der Waals surface area contributed by atoms with Crippen molar-refractivity contribution in [2.24, 2.45) is 5.92 Å². The van der Waals surface area contributed by atoms with Crippen molar-refractivity contribution < 1.29 is 18.8 Å².